The zero-order valence-electron chi connectivity index (χ0n) is 13.4. The molecule has 3 rings (SSSR count). The second-order valence-electron chi connectivity index (χ2n) is 5.41. The van der Waals surface area contributed by atoms with Gasteiger partial charge in [0.1, 0.15) is 11.4 Å². The first-order valence-corrected chi connectivity index (χ1v) is 7.38. The van der Waals surface area contributed by atoms with Crippen molar-refractivity contribution < 1.29 is 4.74 Å². The number of methoxy groups -OCH3 is 1. The van der Waals surface area contributed by atoms with Gasteiger partial charge >= 0.3 is 0 Å². The number of aryl methyl sites for hydroxylation is 1. The van der Waals surface area contributed by atoms with Crippen molar-refractivity contribution in [2.24, 2.45) is 7.05 Å². The van der Waals surface area contributed by atoms with Crippen LogP contribution in [0.15, 0.2) is 53.3 Å². The molecule has 1 aromatic heterocycles. The van der Waals surface area contributed by atoms with Gasteiger partial charge in [-0.1, -0.05) is 24.3 Å². The molecule has 0 atom stereocenters. The number of hydrogen-bond donors (Lipinski definition) is 0. The Labute approximate surface area is 134 Å². The molecule has 1 heterocycles. The highest BCUT2D eigenvalue weighted by atomic mass is 16.5. The van der Waals surface area contributed by atoms with Gasteiger partial charge in [0.05, 0.1) is 18.1 Å². The molecule has 2 aromatic carbocycles. The molecule has 0 bridgehead atoms. The Morgan fingerprint density at radius 1 is 1.13 bits per heavy atom. The molecule has 0 saturated heterocycles. The smallest absolute Gasteiger partial charge is 0.276 e. The van der Waals surface area contributed by atoms with Gasteiger partial charge in [0, 0.05) is 7.05 Å². The van der Waals surface area contributed by atoms with Gasteiger partial charge in [0.15, 0.2) is 0 Å². The standard InChI is InChI=1S/C19H18N2O2/c1-13(14-8-10-15(23-3)11-9-14)12-17-19(22)21(2)18-7-5-4-6-16(18)20-17/h4-12H,1-3H3/b13-12+. The maximum absolute atomic E-state index is 12.5. The zero-order valence-corrected chi connectivity index (χ0v) is 13.4. The lowest BCUT2D eigenvalue weighted by atomic mass is 10.1. The van der Waals surface area contributed by atoms with Crippen molar-refractivity contribution in [3.8, 4) is 5.75 Å². The Balaban J connectivity index is 2.08. The fraction of sp³-hybridized carbons (Fsp3) is 0.158. The van der Waals surface area contributed by atoms with Crippen LogP contribution in [0.3, 0.4) is 0 Å². The number of ether oxygens (including phenoxy) is 1. The first-order chi connectivity index (χ1) is 11.1. The van der Waals surface area contributed by atoms with Crippen molar-refractivity contribution in [2.75, 3.05) is 7.11 Å². The summed E-state index contributed by atoms with van der Waals surface area (Å²) in [7, 11) is 3.41. The van der Waals surface area contributed by atoms with Crippen molar-refractivity contribution in [3.05, 3.63) is 70.1 Å². The number of para-hydroxylation sites is 2. The van der Waals surface area contributed by atoms with Gasteiger partial charge in [-0.2, -0.15) is 0 Å². The summed E-state index contributed by atoms with van der Waals surface area (Å²) in [5, 5.41) is 0. The van der Waals surface area contributed by atoms with Crippen molar-refractivity contribution in [1.29, 1.82) is 0 Å². The molecule has 0 saturated carbocycles. The molecule has 116 valence electrons. The average Bonchev–Trinajstić information content (AvgIpc) is 2.59. The van der Waals surface area contributed by atoms with Crippen molar-refractivity contribution in [1.82, 2.24) is 9.55 Å². The van der Waals surface area contributed by atoms with E-state index in [2.05, 4.69) is 4.98 Å². The molecule has 4 heteroatoms. The maximum Gasteiger partial charge on any atom is 0.276 e. The first-order valence-electron chi connectivity index (χ1n) is 7.38. The topological polar surface area (TPSA) is 44.1 Å². The lowest BCUT2D eigenvalue weighted by molar-refractivity contribution is 0.415. The number of fused-ring (bicyclic) bond motifs is 1. The summed E-state index contributed by atoms with van der Waals surface area (Å²) in [6, 6.07) is 15.4. The summed E-state index contributed by atoms with van der Waals surface area (Å²) in [6.45, 7) is 1.97. The third-order valence-electron chi connectivity index (χ3n) is 3.91. The number of hydrogen-bond acceptors (Lipinski definition) is 3. The van der Waals surface area contributed by atoms with Crippen LogP contribution < -0.4 is 10.3 Å². The van der Waals surface area contributed by atoms with Crippen LogP contribution in [0.1, 0.15) is 18.2 Å². The third-order valence-corrected chi connectivity index (χ3v) is 3.91. The molecule has 0 aliphatic carbocycles. The van der Waals surface area contributed by atoms with Gasteiger partial charge in [-0.3, -0.25) is 4.79 Å². The van der Waals surface area contributed by atoms with Gasteiger partial charge in [0.25, 0.3) is 5.56 Å². The lowest BCUT2D eigenvalue weighted by Gasteiger charge is -2.07. The van der Waals surface area contributed by atoms with Gasteiger partial charge in [-0.25, -0.2) is 4.98 Å². The van der Waals surface area contributed by atoms with E-state index in [0.717, 1.165) is 27.9 Å². The lowest BCUT2D eigenvalue weighted by Crippen LogP contribution is -2.21. The second kappa shape index (κ2) is 6.08. The summed E-state index contributed by atoms with van der Waals surface area (Å²) in [4.78, 5) is 17.0. The number of benzene rings is 2. The van der Waals surface area contributed by atoms with Crippen LogP contribution in [0.4, 0.5) is 0 Å². The van der Waals surface area contributed by atoms with Crippen LogP contribution in [0.5, 0.6) is 5.75 Å². The zero-order chi connectivity index (χ0) is 16.4. The van der Waals surface area contributed by atoms with Crippen LogP contribution >= 0.6 is 0 Å². The minimum atomic E-state index is -0.100. The molecule has 0 radical (unpaired) electrons. The van der Waals surface area contributed by atoms with Gasteiger partial charge in [-0.15, -0.1) is 0 Å². The number of nitrogens with zero attached hydrogens (tertiary/aromatic N) is 2. The van der Waals surface area contributed by atoms with E-state index >= 15 is 0 Å². The minimum absolute atomic E-state index is 0.100. The van der Waals surface area contributed by atoms with Gasteiger partial charge in [0.2, 0.25) is 0 Å². The molecule has 0 N–H and O–H groups in total. The monoisotopic (exact) mass is 306 g/mol. The highest BCUT2D eigenvalue weighted by molar-refractivity contribution is 5.82. The summed E-state index contributed by atoms with van der Waals surface area (Å²) in [5.74, 6) is 0.807. The van der Waals surface area contributed by atoms with Gasteiger partial charge < -0.3 is 9.30 Å². The summed E-state index contributed by atoms with van der Waals surface area (Å²) >= 11 is 0. The van der Waals surface area contributed by atoms with Crippen LogP contribution in [0, 0.1) is 0 Å². The summed E-state index contributed by atoms with van der Waals surface area (Å²) in [5.41, 5.74) is 3.99. The third kappa shape index (κ3) is 2.88. The van der Waals surface area contributed by atoms with Crippen molar-refractivity contribution >= 4 is 22.7 Å². The SMILES string of the molecule is COc1ccc(/C(C)=C/c2nc3ccccc3n(C)c2=O)cc1. The van der Waals surface area contributed by atoms with E-state index in [-0.39, 0.29) is 5.56 Å². The fourth-order valence-corrected chi connectivity index (χ4v) is 2.54. The molecule has 0 aliphatic rings. The molecule has 0 amide bonds. The molecule has 0 unspecified atom stereocenters. The van der Waals surface area contributed by atoms with E-state index in [1.165, 1.54) is 0 Å². The molecule has 0 spiro atoms. The van der Waals surface area contributed by atoms with E-state index < -0.39 is 0 Å². The van der Waals surface area contributed by atoms with Crippen LogP contribution in [-0.2, 0) is 7.05 Å². The molecule has 0 aliphatic heterocycles. The fourth-order valence-electron chi connectivity index (χ4n) is 2.54. The molecular weight excluding hydrogens is 288 g/mol. The van der Waals surface area contributed by atoms with Crippen molar-refractivity contribution in [3.63, 3.8) is 0 Å². The second-order valence-corrected chi connectivity index (χ2v) is 5.41. The van der Waals surface area contributed by atoms with E-state index in [1.807, 2.05) is 61.5 Å². The average molecular weight is 306 g/mol. The quantitative estimate of drug-likeness (QED) is 0.744. The molecule has 3 aromatic rings. The van der Waals surface area contributed by atoms with E-state index in [4.69, 9.17) is 4.74 Å². The Kier molecular flexibility index (Phi) is 3.98. The molecular formula is C19H18N2O2. The molecule has 4 nitrogen and oxygen atoms in total. The molecule has 23 heavy (non-hydrogen) atoms. The Hall–Kier alpha value is -2.88. The Morgan fingerprint density at radius 3 is 2.52 bits per heavy atom. The van der Waals surface area contributed by atoms with Crippen LogP contribution in [-0.4, -0.2) is 16.7 Å². The molecule has 0 fully saturated rings. The highest BCUT2D eigenvalue weighted by Gasteiger charge is 2.07. The predicted octanol–water partition coefficient (Wildman–Crippen LogP) is 3.50. The van der Waals surface area contributed by atoms with Gasteiger partial charge in [-0.05, 0) is 48.4 Å². The van der Waals surface area contributed by atoms with Crippen LogP contribution in [0.2, 0.25) is 0 Å². The number of rotatable bonds is 3. The van der Waals surface area contributed by atoms with E-state index in [0.29, 0.717) is 5.69 Å². The number of aromatic nitrogens is 2. The number of allylic oxidation sites excluding steroid dienone is 1. The predicted molar refractivity (Wildman–Crippen MR) is 93.5 cm³/mol. The van der Waals surface area contributed by atoms with E-state index in [9.17, 15) is 4.79 Å². The highest BCUT2D eigenvalue weighted by Crippen LogP contribution is 2.20. The minimum Gasteiger partial charge on any atom is -0.497 e. The summed E-state index contributed by atoms with van der Waals surface area (Å²) < 4.78 is 6.80. The van der Waals surface area contributed by atoms with Crippen molar-refractivity contribution in [2.45, 2.75) is 6.92 Å². The Bertz CT molecular complexity index is 938. The van der Waals surface area contributed by atoms with E-state index in [1.54, 1.807) is 18.7 Å². The Morgan fingerprint density at radius 2 is 1.83 bits per heavy atom. The normalized spacial score (nSPS) is 11.7. The first kappa shape index (κ1) is 15.0. The largest absolute Gasteiger partial charge is 0.497 e. The van der Waals surface area contributed by atoms with Crippen LogP contribution in [0.25, 0.3) is 22.7 Å². The maximum atomic E-state index is 12.5. The summed E-state index contributed by atoms with van der Waals surface area (Å²) in [6.07, 6.45) is 1.83.